The minimum Gasteiger partial charge on any atom is -0.356 e. The molecule has 2 atom stereocenters. The quantitative estimate of drug-likeness (QED) is 0.254. The van der Waals surface area contributed by atoms with Crippen LogP contribution in [-0.4, -0.2) is 94.7 Å². The highest BCUT2D eigenvalue weighted by Gasteiger charge is 2.28. The van der Waals surface area contributed by atoms with Crippen molar-refractivity contribution in [2.75, 3.05) is 64.3 Å². The van der Waals surface area contributed by atoms with Gasteiger partial charge in [-0.1, -0.05) is 6.92 Å². The van der Waals surface area contributed by atoms with E-state index in [1.807, 2.05) is 38.0 Å². The van der Waals surface area contributed by atoms with Crippen LogP contribution in [-0.2, 0) is 0 Å². The van der Waals surface area contributed by atoms with Crippen molar-refractivity contribution in [3.8, 4) is 0 Å². The summed E-state index contributed by atoms with van der Waals surface area (Å²) in [6.45, 7) is 10.5. The van der Waals surface area contributed by atoms with Crippen molar-refractivity contribution in [1.82, 2.24) is 34.6 Å². The number of piperidine rings is 1. The third-order valence-corrected chi connectivity index (χ3v) is 6.48. The van der Waals surface area contributed by atoms with Crippen LogP contribution >= 0.6 is 24.0 Å². The van der Waals surface area contributed by atoms with E-state index in [2.05, 4.69) is 57.6 Å². The van der Waals surface area contributed by atoms with Gasteiger partial charge in [0.2, 0.25) is 5.95 Å². The number of anilines is 1. The van der Waals surface area contributed by atoms with Crippen molar-refractivity contribution in [3.05, 3.63) is 37.2 Å². The predicted molar refractivity (Wildman–Crippen MR) is 139 cm³/mol. The van der Waals surface area contributed by atoms with E-state index >= 15 is 0 Å². The third kappa shape index (κ3) is 6.31. The fraction of sp³-hybridized carbons (Fsp3) is 0.636. The maximum atomic E-state index is 4.55. The zero-order valence-electron chi connectivity index (χ0n) is 19.2. The van der Waals surface area contributed by atoms with Gasteiger partial charge in [-0.2, -0.15) is 0 Å². The van der Waals surface area contributed by atoms with E-state index in [0.29, 0.717) is 12.0 Å². The van der Waals surface area contributed by atoms with Crippen molar-refractivity contribution in [3.63, 3.8) is 0 Å². The number of aliphatic imine (C=N–C) groups is 1. The Balaban J connectivity index is 0.00000289. The monoisotopic (exact) mass is 553 g/mol. The van der Waals surface area contributed by atoms with Crippen molar-refractivity contribution in [2.45, 2.75) is 25.8 Å². The SMILES string of the molecule is CN=C(NCCCN1CCN(c2ncccn2)CC1)N1CCC(C)C(n2ccnc2)C1.I. The average molecular weight is 553 g/mol. The maximum absolute atomic E-state index is 4.55. The number of halogens is 1. The van der Waals surface area contributed by atoms with Crippen LogP contribution in [0.4, 0.5) is 5.95 Å². The van der Waals surface area contributed by atoms with Crippen LogP contribution in [0.2, 0.25) is 0 Å². The number of guanidine groups is 1. The standard InChI is InChI=1S/C22H35N9.HI/c1-19-5-11-30(17-20(19)31-12-9-24-18-31)21(23-2)25-8-4-10-28-13-15-29(16-14-28)22-26-6-3-7-27-22;/h3,6-7,9,12,18-20H,4-5,8,10-11,13-17H2,1-2H3,(H,23,25);1H. The smallest absolute Gasteiger partial charge is 0.225 e. The second kappa shape index (κ2) is 12.3. The van der Waals surface area contributed by atoms with Gasteiger partial charge < -0.3 is 19.7 Å². The molecule has 0 amide bonds. The molecule has 4 rings (SSSR count). The average Bonchev–Trinajstić information content (AvgIpc) is 3.35. The molecular formula is C22H36IN9. The van der Waals surface area contributed by atoms with Crippen molar-refractivity contribution < 1.29 is 0 Å². The number of hydrogen-bond donors (Lipinski definition) is 1. The molecule has 0 aromatic carbocycles. The Morgan fingerprint density at radius 3 is 2.59 bits per heavy atom. The van der Waals surface area contributed by atoms with Gasteiger partial charge in [0.25, 0.3) is 0 Å². The van der Waals surface area contributed by atoms with Gasteiger partial charge in [-0.25, -0.2) is 15.0 Å². The molecular weight excluding hydrogens is 517 g/mol. The van der Waals surface area contributed by atoms with Crippen LogP contribution < -0.4 is 10.2 Å². The first-order chi connectivity index (χ1) is 15.2. The molecule has 2 aliphatic heterocycles. The molecule has 2 unspecified atom stereocenters. The molecule has 0 bridgehead atoms. The van der Waals surface area contributed by atoms with Gasteiger partial charge in [-0.3, -0.25) is 9.89 Å². The molecule has 9 nitrogen and oxygen atoms in total. The summed E-state index contributed by atoms with van der Waals surface area (Å²) in [7, 11) is 1.89. The number of hydrogen-bond acceptors (Lipinski definition) is 6. The van der Waals surface area contributed by atoms with Crippen molar-refractivity contribution >= 4 is 35.9 Å². The Kier molecular flexibility index (Phi) is 9.51. The fourth-order valence-corrected chi connectivity index (χ4v) is 4.56. The molecule has 2 aromatic heterocycles. The van der Waals surface area contributed by atoms with Crippen molar-refractivity contribution in [2.24, 2.45) is 10.9 Å². The van der Waals surface area contributed by atoms with E-state index in [-0.39, 0.29) is 24.0 Å². The number of piperazine rings is 1. The summed E-state index contributed by atoms with van der Waals surface area (Å²) in [5, 5.41) is 3.59. The highest BCUT2D eigenvalue weighted by atomic mass is 127. The number of aromatic nitrogens is 4. The molecule has 4 heterocycles. The molecule has 2 saturated heterocycles. The van der Waals surface area contributed by atoms with Crippen LogP contribution in [0.1, 0.15) is 25.8 Å². The van der Waals surface area contributed by atoms with Gasteiger partial charge in [0, 0.05) is 77.6 Å². The van der Waals surface area contributed by atoms with E-state index in [0.717, 1.165) is 70.7 Å². The van der Waals surface area contributed by atoms with Gasteiger partial charge in [0.1, 0.15) is 0 Å². The van der Waals surface area contributed by atoms with E-state index in [1.54, 1.807) is 0 Å². The minimum absolute atomic E-state index is 0. The molecule has 0 aliphatic carbocycles. The number of nitrogens with one attached hydrogen (secondary N) is 1. The molecule has 10 heteroatoms. The molecule has 2 aromatic rings. The largest absolute Gasteiger partial charge is 0.356 e. The maximum Gasteiger partial charge on any atom is 0.225 e. The van der Waals surface area contributed by atoms with Gasteiger partial charge >= 0.3 is 0 Å². The number of imidazole rings is 1. The molecule has 0 spiro atoms. The summed E-state index contributed by atoms with van der Waals surface area (Å²) in [6, 6.07) is 2.31. The van der Waals surface area contributed by atoms with Crippen LogP contribution in [0.5, 0.6) is 0 Å². The summed E-state index contributed by atoms with van der Waals surface area (Å²) in [5.74, 6) is 2.50. The molecule has 0 radical (unpaired) electrons. The first kappa shape index (κ1) is 24.7. The Bertz CT molecular complexity index is 806. The Morgan fingerprint density at radius 1 is 1.12 bits per heavy atom. The Hall–Kier alpha value is -1.95. The first-order valence-electron chi connectivity index (χ1n) is 11.4. The van der Waals surface area contributed by atoms with E-state index in [4.69, 9.17) is 0 Å². The Labute approximate surface area is 208 Å². The normalized spacial score (nSPS) is 22.5. The first-order valence-corrected chi connectivity index (χ1v) is 11.4. The zero-order chi connectivity index (χ0) is 21.5. The van der Waals surface area contributed by atoms with E-state index < -0.39 is 0 Å². The summed E-state index contributed by atoms with van der Waals surface area (Å²) in [6.07, 6.45) is 11.8. The van der Waals surface area contributed by atoms with E-state index in [9.17, 15) is 0 Å². The van der Waals surface area contributed by atoms with Crippen LogP contribution in [0, 0.1) is 5.92 Å². The fourth-order valence-electron chi connectivity index (χ4n) is 4.56. The van der Waals surface area contributed by atoms with Crippen LogP contribution in [0.25, 0.3) is 0 Å². The zero-order valence-corrected chi connectivity index (χ0v) is 21.5. The molecule has 32 heavy (non-hydrogen) atoms. The summed E-state index contributed by atoms with van der Waals surface area (Å²) in [4.78, 5) is 24.7. The summed E-state index contributed by atoms with van der Waals surface area (Å²) >= 11 is 0. The second-order valence-corrected chi connectivity index (χ2v) is 8.49. The lowest BCUT2D eigenvalue weighted by Crippen LogP contribution is -2.50. The molecule has 0 saturated carbocycles. The molecule has 176 valence electrons. The van der Waals surface area contributed by atoms with Gasteiger partial charge in [0.05, 0.1) is 12.4 Å². The molecule has 2 fully saturated rings. The van der Waals surface area contributed by atoms with Gasteiger partial charge in [-0.15, -0.1) is 24.0 Å². The predicted octanol–water partition coefficient (Wildman–Crippen LogP) is 1.96. The molecule has 1 N–H and O–H groups in total. The van der Waals surface area contributed by atoms with Crippen LogP contribution in [0.3, 0.4) is 0 Å². The lowest BCUT2D eigenvalue weighted by molar-refractivity contribution is 0.188. The molecule has 2 aliphatic rings. The second-order valence-electron chi connectivity index (χ2n) is 8.49. The number of nitrogens with zero attached hydrogens (tertiary/aromatic N) is 8. The van der Waals surface area contributed by atoms with E-state index in [1.165, 1.54) is 6.42 Å². The highest BCUT2D eigenvalue weighted by molar-refractivity contribution is 14.0. The number of rotatable bonds is 6. The van der Waals surface area contributed by atoms with Gasteiger partial charge in [0.15, 0.2) is 5.96 Å². The minimum atomic E-state index is 0. The number of likely N-dealkylation sites (tertiary alicyclic amines) is 1. The third-order valence-electron chi connectivity index (χ3n) is 6.48. The van der Waals surface area contributed by atoms with Gasteiger partial charge in [-0.05, 0) is 31.4 Å². The highest BCUT2D eigenvalue weighted by Crippen LogP contribution is 2.27. The Morgan fingerprint density at radius 2 is 1.91 bits per heavy atom. The lowest BCUT2D eigenvalue weighted by Gasteiger charge is -2.39. The topological polar surface area (TPSA) is 77.7 Å². The lowest BCUT2D eigenvalue weighted by atomic mass is 9.93. The van der Waals surface area contributed by atoms with Crippen molar-refractivity contribution in [1.29, 1.82) is 0 Å². The van der Waals surface area contributed by atoms with Crippen LogP contribution in [0.15, 0.2) is 42.2 Å². The summed E-state index contributed by atoms with van der Waals surface area (Å²) < 4.78 is 2.24. The summed E-state index contributed by atoms with van der Waals surface area (Å²) in [5.41, 5.74) is 0.